The number of carbonyl (C=O) groups excluding carboxylic acids is 1. The minimum atomic E-state index is -0.263. The van der Waals surface area contributed by atoms with Gasteiger partial charge in [0.1, 0.15) is 12.7 Å². The van der Waals surface area contributed by atoms with E-state index in [9.17, 15) is 4.79 Å². The summed E-state index contributed by atoms with van der Waals surface area (Å²) in [5, 5.41) is 3.75. The summed E-state index contributed by atoms with van der Waals surface area (Å²) >= 11 is 0. The number of nitrogens with zero attached hydrogens (tertiary/aromatic N) is 3. The molecule has 0 saturated carbocycles. The number of nitrogens with one attached hydrogen (secondary N) is 1. The van der Waals surface area contributed by atoms with Crippen LogP contribution in [0.25, 0.3) is 0 Å². The first-order chi connectivity index (χ1) is 7.25. The van der Waals surface area contributed by atoms with Crippen LogP contribution in [0.15, 0.2) is 36.9 Å². The molecule has 0 aliphatic carbocycles. The number of nitrogen functional groups attached to an aromatic ring is 1. The van der Waals surface area contributed by atoms with Crippen LogP contribution in [0.3, 0.4) is 0 Å². The lowest BCUT2D eigenvalue weighted by Crippen LogP contribution is -2.23. The van der Waals surface area contributed by atoms with Crippen molar-refractivity contribution in [1.82, 2.24) is 14.9 Å². The van der Waals surface area contributed by atoms with Crippen LogP contribution in [0.5, 0.6) is 0 Å². The van der Waals surface area contributed by atoms with Crippen molar-refractivity contribution >= 4 is 11.6 Å². The Morgan fingerprint density at radius 1 is 1.33 bits per heavy atom. The second-order valence-corrected chi connectivity index (χ2v) is 2.90. The molecule has 0 spiro atoms. The third-order valence-electron chi connectivity index (χ3n) is 1.81. The molecule has 2 aromatic rings. The van der Waals surface area contributed by atoms with Gasteiger partial charge in [-0.1, -0.05) is 0 Å². The molecule has 1 aromatic heterocycles. The molecule has 0 aliphatic heterocycles. The first-order valence-corrected chi connectivity index (χ1v) is 4.27. The average Bonchev–Trinajstić information content (AvgIpc) is 2.71. The molecule has 6 heteroatoms. The molecule has 1 amide bonds. The first kappa shape index (κ1) is 9.20. The standard InChI is InChI=1S/C9H9N5O/c10-8-3-1-7(2-4-8)9(15)13-14-6-11-5-12-14/h1-6H,10H2,(H,13,15). The van der Waals surface area contributed by atoms with Gasteiger partial charge in [0.25, 0.3) is 5.91 Å². The van der Waals surface area contributed by atoms with E-state index in [2.05, 4.69) is 15.5 Å². The number of amides is 1. The summed E-state index contributed by atoms with van der Waals surface area (Å²) in [6.07, 6.45) is 2.73. The second-order valence-electron chi connectivity index (χ2n) is 2.90. The van der Waals surface area contributed by atoms with Gasteiger partial charge >= 0.3 is 0 Å². The van der Waals surface area contributed by atoms with Gasteiger partial charge in [-0.15, -0.1) is 5.10 Å². The van der Waals surface area contributed by atoms with Gasteiger partial charge in [0.15, 0.2) is 0 Å². The van der Waals surface area contributed by atoms with Crippen LogP contribution in [0, 0.1) is 0 Å². The molecule has 0 aliphatic rings. The largest absolute Gasteiger partial charge is 0.399 e. The van der Waals surface area contributed by atoms with Crippen molar-refractivity contribution in [2.24, 2.45) is 0 Å². The number of nitrogens with two attached hydrogens (primary N) is 1. The summed E-state index contributed by atoms with van der Waals surface area (Å²) < 4.78 is 0. The average molecular weight is 203 g/mol. The highest BCUT2D eigenvalue weighted by molar-refractivity contribution is 6.00. The number of anilines is 1. The number of benzene rings is 1. The monoisotopic (exact) mass is 203 g/mol. The summed E-state index contributed by atoms with van der Waals surface area (Å²) in [7, 11) is 0. The second kappa shape index (κ2) is 3.79. The van der Waals surface area contributed by atoms with Gasteiger partial charge in [-0.3, -0.25) is 4.79 Å². The molecule has 76 valence electrons. The first-order valence-electron chi connectivity index (χ1n) is 4.27. The van der Waals surface area contributed by atoms with Crippen LogP contribution >= 0.6 is 0 Å². The van der Waals surface area contributed by atoms with E-state index in [-0.39, 0.29) is 5.91 Å². The molecule has 0 bridgehead atoms. The Morgan fingerprint density at radius 2 is 2.07 bits per heavy atom. The maximum absolute atomic E-state index is 11.6. The predicted molar refractivity (Wildman–Crippen MR) is 54.6 cm³/mol. The van der Waals surface area contributed by atoms with Gasteiger partial charge in [-0.25, -0.2) is 10.4 Å². The molecule has 6 nitrogen and oxygen atoms in total. The van der Waals surface area contributed by atoms with E-state index >= 15 is 0 Å². The molecular formula is C9H9N5O. The highest BCUT2D eigenvalue weighted by Crippen LogP contribution is 2.05. The van der Waals surface area contributed by atoms with Crippen LogP contribution < -0.4 is 11.2 Å². The minimum Gasteiger partial charge on any atom is -0.399 e. The molecule has 1 aromatic carbocycles. The zero-order valence-electron chi connectivity index (χ0n) is 7.79. The van der Waals surface area contributed by atoms with Crippen molar-refractivity contribution < 1.29 is 4.79 Å². The normalized spacial score (nSPS) is 9.87. The zero-order valence-corrected chi connectivity index (χ0v) is 7.79. The van der Waals surface area contributed by atoms with Gasteiger partial charge in [-0.2, -0.15) is 4.79 Å². The molecule has 0 atom stereocenters. The van der Waals surface area contributed by atoms with Gasteiger partial charge < -0.3 is 5.73 Å². The fourth-order valence-corrected chi connectivity index (χ4v) is 1.07. The molecule has 0 fully saturated rings. The summed E-state index contributed by atoms with van der Waals surface area (Å²) in [4.78, 5) is 16.5. The Hall–Kier alpha value is -2.37. The van der Waals surface area contributed by atoms with Gasteiger partial charge in [-0.05, 0) is 24.3 Å². The highest BCUT2D eigenvalue weighted by atomic mass is 16.2. The van der Waals surface area contributed by atoms with Crippen LogP contribution in [0.1, 0.15) is 10.4 Å². The lowest BCUT2D eigenvalue weighted by atomic mass is 10.2. The Kier molecular flexibility index (Phi) is 2.32. The zero-order chi connectivity index (χ0) is 10.7. The molecule has 1 heterocycles. The fourth-order valence-electron chi connectivity index (χ4n) is 1.07. The van der Waals surface area contributed by atoms with Crippen LogP contribution in [0.2, 0.25) is 0 Å². The molecule has 0 unspecified atom stereocenters. The minimum absolute atomic E-state index is 0.263. The van der Waals surface area contributed by atoms with Gasteiger partial charge in [0.05, 0.1) is 0 Å². The molecule has 15 heavy (non-hydrogen) atoms. The summed E-state index contributed by atoms with van der Waals surface area (Å²) in [5.74, 6) is -0.263. The van der Waals surface area contributed by atoms with Crippen molar-refractivity contribution in [3.05, 3.63) is 42.5 Å². The molecule has 2 rings (SSSR count). The number of carbonyl (C=O) groups is 1. The van der Waals surface area contributed by atoms with E-state index in [1.807, 2.05) is 0 Å². The quantitative estimate of drug-likeness (QED) is 0.685. The number of aromatic nitrogens is 3. The maximum atomic E-state index is 11.6. The molecule has 0 saturated heterocycles. The lowest BCUT2D eigenvalue weighted by molar-refractivity contribution is 0.100. The Balaban J connectivity index is 2.11. The molecule has 3 N–H and O–H groups in total. The van der Waals surface area contributed by atoms with Crippen molar-refractivity contribution in [3.8, 4) is 0 Å². The maximum Gasteiger partial charge on any atom is 0.271 e. The number of rotatable bonds is 2. The summed E-state index contributed by atoms with van der Waals surface area (Å²) in [6.45, 7) is 0. The third kappa shape index (κ3) is 2.11. The van der Waals surface area contributed by atoms with Gasteiger partial charge in [0.2, 0.25) is 0 Å². The van der Waals surface area contributed by atoms with Crippen molar-refractivity contribution in [2.75, 3.05) is 11.2 Å². The fraction of sp³-hybridized carbons (Fsp3) is 0. The topological polar surface area (TPSA) is 85.8 Å². The van der Waals surface area contributed by atoms with Crippen LogP contribution in [-0.2, 0) is 0 Å². The van der Waals surface area contributed by atoms with E-state index in [0.717, 1.165) is 0 Å². The summed E-state index contributed by atoms with van der Waals surface area (Å²) in [5.41, 5.74) is 9.16. The van der Waals surface area contributed by atoms with E-state index in [0.29, 0.717) is 11.3 Å². The van der Waals surface area contributed by atoms with E-state index in [1.54, 1.807) is 24.3 Å². The van der Waals surface area contributed by atoms with E-state index in [4.69, 9.17) is 5.73 Å². The van der Waals surface area contributed by atoms with E-state index < -0.39 is 0 Å². The van der Waals surface area contributed by atoms with Crippen molar-refractivity contribution in [3.63, 3.8) is 0 Å². The number of hydrogen-bond donors (Lipinski definition) is 2. The Labute approximate surface area is 85.7 Å². The Bertz CT molecular complexity index is 448. The summed E-state index contributed by atoms with van der Waals surface area (Å²) in [6, 6.07) is 6.61. The number of hydrogen-bond acceptors (Lipinski definition) is 4. The highest BCUT2D eigenvalue weighted by Gasteiger charge is 2.04. The Morgan fingerprint density at radius 3 is 2.67 bits per heavy atom. The molecule has 0 radical (unpaired) electrons. The SMILES string of the molecule is Nc1ccc(C(=O)Nn2cncn2)cc1. The van der Waals surface area contributed by atoms with Crippen molar-refractivity contribution in [2.45, 2.75) is 0 Å². The van der Waals surface area contributed by atoms with Crippen LogP contribution in [-0.4, -0.2) is 20.8 Å². The predicted octanol–water partition coefficient (Wildman–Crippen LogP) is 0.244. The molecular weight excluding hydrogens is 194 g/mol. The van der Waals surface area contributed by atoms with E-state index in [1.165, 1.54) is 17.4 Å². The van der Waals surface area contributed by atoms with Crippen molar-refractivity contribution in [1.29, 1.82) is 0 Å². The third-order valence-corrected chi connectivity index (χ3v) is 1.81. The lowest BCUT2D eigenvalue weighted by Gasteiger charge is -2.03. The van der Waals surface area contributed by atoms with Gasteiger partial charge in [0, 0.05) is 11.3 Å². The smallest absolute Gasteiger partial charge is 0.271 e. The van der Waals surface area contributed by atoms with Crippen LogP contribution in [0.4, 0.5) is 5.69 Å².